The van der Waals surface area contributed by atoms with E-state index in [1.54, 1.807) is 5.32 Å². The van der Waals surface area contributed by atoms with Crippen LogP contribution in [0.15, 0.2) is 28.6 Å². The number of hydrogen-bond acceptors (Lipinski definition) is 1. The van der Waals surface area contributed by atoms with Crippen LogP contribution in [0.25, 0.3) is 0 Å². The van der Waals surface area contributed by atoms with Crippen LogP contribution < -0.4 is 5.32 Å². The smallest absolute Gasteiger partial charge is 0.0635 e. The van der Waals surface area contributed by atoms with Crippen molar-refractivity contribution in [2.45, 2.75) is 18.6 Å². The van der Waals surface area contributed by atoms with E-state index in [1.807, 2.05) is 0 Å². The summed E-state index contributed by atoms with van der Waals surface area (Å²) in [6.07, 6.45) is -7.01. The summed E-state index contributed by atoms with van der Waals surface area (Å²) in [5.41, 5.74) is -1.00. The first-order valence-electron chi connectivity index (χ1n) is 9.94. The first kappa shape index (κ1) is 2.42. The van der Waals surface area contributed by atoms with Crippen LogP contribution in [0.5, 0.6) is 0 Å². The molecule has 1 nitrogen and oxygen atoms in total. The fraction of sp³-hybridized carbons (Fsp3) is 0.455. The van der Waals surface area contributed by atoms with Crippen LogP contribution >= 0.6 is 15.9 Å². The number of rotatable bonds is 1. The van der Waals surface area contributed by atoms with Gasteiger partial charge in [0.2, 0.25) is 0 Å². The highest BCUT2D eigenvalue weighted by atomic mass is 79.9. The molecule has 1 heterocycles. The highest BCUT2D eigenvalue weighted by Crippen LogP contribution is 2.24. The Hall–Kier alpha value is -0.340. The van der Waals surface area contributed by atoms with Crippen LogP contribution in [-0.2, 0) is 0 Å². The normalized spacial score (nSPS) is 58.7. The molecule has 0 saturated carbocycles. The van der Waals surface area contributed by atoms with Crippen molar-refractivity contribution in [2.75, 3.05) is 13.0 Å². The third-order valence-corrected chi connectivity index (χ3v) is 1.74. The predicted molar refractivity (Wildman–Crippen MR) is 59.0 cm³/mol. The third-order valence-electron chi connectivity index (χ3n) is 1.34. The molecule has 1 unspecified atom stereocenters. The van der Waals surface area contributed by atoms with Crippen LogP contribution in [0, 0.1) is 0 Å². The molecule has 2 rings (SSSR count). The Balaban J connectivity index is 3.00. The second kappa shape index (κ2) is 4.25. The molecule has 0 radical (unpaired) electrons. The van der Waals surface area contributed by atoms with Gasteiger partial charge in [-0.3, -0.25) is 0 Å². The average Bonchev–Trinajstić information content (AvgIpc) is 2.48. The summed E-state index contributed by atoms with van der Waals surface area (Å²) in [4.78, 5) is 0. The van der Waals surface area contributed by atoms with Crippen LogP contribution in [0.1, 0.15) is 42.0 Å². The topological polar surface area (TPSA) is 12.0 Å². The molecule has 0 bridgehead atoms. The van der Waals surface area contributed by atoms with Crippen molar-refractivity contribution in [3.63, 3.8) is 0 Å². The fourth-order valence-corrected chi connectivity index (χ4v) is 0.995. The standard InChI is InChI=1S/C11H14BrN/c12-11-5-3-9(4-6-11)10-2-1-7-13-8-10/h3-6,10,13H,1-2,7-8H2/i1D2,2D2,3D,4D,5D,6D,7D2,8D2,10D. The molecule has 0 amide bonds. The molecule has 1 aromatic rings. The van der Waals surface area contributed by atoms with E-state index in [0.29, 0.717) is 0 Å². The van der Waals surface area contributed by atoms with E-state index in [-0.39, 0.29) is 4.47 Å². The minimum absolute atomic E-state index is 0.275. The Bertz CT molecular complexity index is 747. The van der Waals surface area contributed by atoms with Gasteiger partial charge in [0.25, 0.3) is 0 Å². The van der Waals surface area contributed by atoms with Crippen molar-refractivity contribution in [3.8, 4) is 0 Å². The average molecular weight is 253 g/mol. The van der Waals surface area contributed by atoms with E-state index < -0.39 is 61.4 Å². The molecule has 1 N–H and O–H groups in total. The van der Waals surface area contributed by atoms with Gasteiger partial charge < -0.3 is 5.32 Å². The van der Waals surface area contributed by atoms with E-state index in [4.69, 9.17) is 17.8 Å². The van der Waals surface area contributed by atoms with E-state index in [1.165, 1.54) is 0 Å². The largest absolute Gasteiger partial charge is 0.316 e. The summed E-state index contributed by atoms with van der Waals surface area (Å²) in [5, 5.41) is 1.64. The lowest BCUT2D eigenvalue weighted by Gasteiger charge is -2.22. The van der Waals surface area contributed by atoms with Crippen molar-refractivity contribution < 1.29 is 17.8 Å². The third kappa shape index (κ3) is 2.32. The van der Waals surface area contributed by atoms with Gasteiger partial charge in [0, 0.05) is 23.3 Å². The summed E-state index contributed by atoms with van der Waals surface area (Å²) < 4.78 is 103. The highest BCUT2D eigenvalue weighted by molar-refractivity contribution is 9.10. The van der Waals surface area contributed by atoms with Gasteiger partial charge in [-0.2, -0.15) is 0 Å². The zero-order chi connectivity index (χ0) is 20.7. The molecule has 1 aromatic carbocycles. The van der Waals surface area contributed by atoms with E-state index >= 15 is 0 Å². The van der Waals surface area contributed by atoms with Gasteiger partial charge >= 0.3 is 0 Å². The van der Waals surface area contributed by atoms with Crippen molar-refractivity contribution in [3.05, 3.63) is 34.2 Å². The van der Waals surface area contributed by atoms with E-state index in [9.17, 15) is 0 Å². The number of benzene rings is 1. The second-order valence-corrected chi connectivity index (χ2v) is 2.98. The van der Waals surface area contributed by atoms with E-state index in [0.717, 1.165) is 0 Å². The first-order chi connectivity index (χ1) is 11.4. The Morgan fingerprint density at radius 1 is 1.54 bits per heavy atom. The number of nitrogens with one attached hydrogen (secondary N) is 1. The lowest BCUT2D eigenvalue weighted by Crippen LogP contribution is -2.28. The molecule has 1 fully saturated rings. The van der Waals surface area contributed by atoms with Crippen molar-refractivity contribution in [1.82, 2.24) is 5.32 Å². The molecular weight excluding hydrogens is 226 g/mol. The summed E-state index contributed by atoms with van der Waals surface area (Å²) in [5.74, 6) is -3.34. The maximum absolute atomic E-state index is 8.50. The monoisotopic (exact) mass is 252 g/mol. The Morgan fingerprint density at radius 2 is 2.31 bits per heavy atom. The number of halogens is 1. The van der Waals surface area contributed by atoms with Crippen molar-refractivity contribution >= 4 is 15.9 Å². The molecular formula is C11H14BrN. The molecule has 1 aliphatic heterocycles. The van der Waals surface area contributed by atoms with Gasteiger partial charge in [-0.25, -0.2) is 0 Å². The second-order valence-electron chi connectivity index (χ2n) is 2.19. The van der Waals surface area contributed by atoms with Gasteiger partial charge in [-0.15, -0.1) is 0 Å². The molecule has 1 atom stereocenters. The summed E-state index contributed by atoms with van der Waals surface area (Å²) in [6.45, 7) is -6.48. The Kier molecular flexibility index (Phi) is 0.791. The van der Waals surface area contributed by atoms with Gasteiger partial charge in [0.15, 0.2) is 0 Å². The molecule has 70 valence electrons. The van der Waals surface area contributed by atoms with Gasteiger partial charge in [-0.05, 0) is 42.8 Å². The van der Waals surface area contributed by atoms with Crippen molar-refractivity contribution in [1.29, 1.82) is 0 Å². The summed E-state index contributed by atoms with van der Waals surface area (Å²) in [6, 6.07) is -3.21. The zero-order valence-corrected chi connectivity index (χ0v) is 7.96. The molecule has 0 spiro atoms. The summed E-state index contributed by atoms with van der Waals surface area (Å²) in [7, 11) is 0. The molecule has 13 heavy (non-hydrogen) atoms. The minimum Gasteiger partial charge on any atom is -0.316 e. The van der Waals surface area contributed by atoms with E-state index in [2.05, 4.69) is 15.9 Å². The van der Waals surface area contributed by atoms with Gasteiger partial charge in [-0.1, -0.05) is 28.0 Å². The van der Waals surface area contributed by atoms with Crippen LogP contribution in [0.2, 0.25) is 0 Å². The lowest BCUT2D eigenvalue weighted by molar-refractivity contribution is 0.461. The molecule has 0 aromatic heterocycles. The van der Waals surface area contributed by atoms with Gasteiger partial charge in [0.05, 0.1) is 5.48 Å². The first-order valence-corrected chi connectivity index (χ1v) is 4.23. The van der Waals surface area contributed by atoms with Gasteiger partial charge in [0.1, 0.15) is 0 Å². The maximum Gasteiger partial charge on any atom is 0.0635 e. The van der Waals surface area contributed by atoms with Crippen LogP contribution in [0.3, 0.4) is 0 Å². The maximum atomic E-state index is 8.50. The fourth-order valence-electron chi connectivity index (χ4n) is 0.797. The molecule has 1 saturated heterocycles. The Labute approximate surface area is 106 Å². The zero-order valence-electron chi connectivity index (χ0n) is 19.4. The molecule has 1 aliphatic rings. The molecule has 0 aliphatic carbocycles. The van der Waals surface area contributed by atoms with Crippen molar-refractivity contribution in [2.24, 2.45) is 0 Å². The molecule has 2 heteroatoms. The highest BCUT2D eigenvalue weighted by Gasteiger charge is 2.14. The Morgan fingerprint density at radius 3 is 3.08 bits per heavy atom. The quantitative estimate of drug-likeness (QED) is 0.811. The van der Waals surface area contributed by atoms with Crippen LogP contribution in [0.4, 0.5) is 0 Å². The SMILES string of the molecule is [2H]c1c([2H])c(C2([2H])C([2H])([2H])NC([2H])([2H])C([2H])([2H])C2([2H])[2H])c([2H])c([2H])c1Br. The predicted octanol–water partition coefficient (Wildman–Crippen LogP) is 2.92. The lowest BCUT2D eigenvalue weighted by atomic mass is 9.92. The number of hydrogen-bond donors (Lipinski definition) is 1. The van der Waals surface area contributed by atoms with Crippen LogP contribution in [-0.4, -0.2) is 13.0 Å². The number of piperidine rings is 1. The summed E-state index contributed by atoms with van der Waals surface area (Å²) >= 11 is 2.84. The minimum atomic E-state index is -3.57.